The molecule has 2 rings (SSSR count). The Labute approximate surface area is 116 Å². The number of aryl methyl sites for hydroxylation is 1. The van der Waals surface area contributed by atoms with Gasteiger partial charge in [0.05, 0.1) is 16.5 Å². The third-order valence-electron chi connectivity index (χ3n) is 2.46. The van der Waals surface area contributed by atoms with Crippen LogP contribution in [0.3, 0.4) is 0 Å². The molecule has 1 heterocycles. The van der Waals surface area contributed by atoms with Crippen LogP contribution in [-0.4, -0.2) is 16.6 Å². The molecule has 3 nitrogen and oxygen atoms in total. The van der Waals surface area contributed by atoms with Crippen LogP contribution in [0.5, 0.6) is 5.75 Å². The van der Waals surface area contributed by atoms with Gasteiger partial charge < -0.3 is 10.5 Å². The Kier molecular flexibility index (Phi) is 4.28. The van der Waals surface area contributed by atoms with Crippen LogP contribution >= 0.6 is 23.6 Å². The number of nitrogens with two attached hydrogens (primary N) is 1. The molecule has 0 aliphatic rings. The number of ether oxygens (including phenoxy) is 1. The number of hydrogen-bond acceptors (Lipinski definition) is 4. The third-order valence-corrected chi connectivity index (χ3v) is 3.90. The Hall–Kier alpha value is -1.46. The van der Waals surface area contributed by atoms with Crippen LogP contribution in [0.1, 0.15) is 15.4 Å². The first-order valence-corrected chi connectivity index (χ1v) is 6.82. The lowest BCUT2D eigenvalue weighted by Crippen LogP contribution is -2.06. The van der Waals surface area contributed by atoms with E-state index in [2.05, 4.69) is 4.98 Å². The van der Waals surface area contributed by atoms with E-state index in [1.165, 1.54) is 11.3 Å². The molecule has 0 amide bonds. The van der Waals surface area contributed by atoms with Crippen molar-refractivity contribution in [1.29, 1.82) is 0 Å². The Morgan fingerprint density at radius 1 is 1.44 bits per heavy atom. The van der Waals surface area contributed by atoms with E-state index in [0.29, 0.717) is 11.6 Å². The second-order valence-electron chi connectivity index (χ2n) is 3.85. The van der Waals surface area contributed by atoms with Crippen LogP contribution in [0.15, 0.2) is 30.5 Å². The Balaban J connectivity index is 1.88. The zero-order valence-corrected chi connectivity index (χ0v) is 11.7. The number of para-hydroxylation sites is 1. The van der Waals surface area contributed by atoms with Crippen molar-refractivity contribution in [3.63, 3.8) is 0 Å². The van der Waals surface area contributed by atoms with E-state index in [1.54, 1.807) is 6.20 Å². The first kappa shape index (κ1) is 13.0. The van der Waals surface area contributed by atoms with Gasteiger partial charge in [0.2, 0.25) is 0 Å². The summed E-state index contributed by atoms with van der Waals surface area (Å²) in [6, 6.07) is 7.97. The van der Waals surface area contributed by atoms with E-state index >= 15 is 0 Å². The third kappa shape index (κ3) is 3.27. The molecule has 2 N–H and O–H groups in total. The maximum absolute atomic E-state index is 5.71. The first-order chi connectivity index (χ1) is 8.66. The van der Waals surface area contributed by atoms with Gasteiger partial charge in [-0.25, -0.2) is 4.98 Å². The zero-order chi connectivity index (χ0) is 13.0. The van der Waals surface area contributed by atoms with Crippen LogP contribution in [0.25, 0.3) is 0 Å². The van der Waals surface area contributed by atoms with Gasteiger partial charge in [-0.3, -0.25) is 0 Å². The van der Waals surface area contributed by atoms with Gasteiger partial charge in [0, 0.05) is 12.6 Å². The zero-order valence-electron chi connectivity index (χ0n) is 10.1. The van der Waals surface area contributed by atoms with Crippen LogP contribution < -0.4 is 10.5 Å². The molecular formula is C13H14N2OS2. The van der Waals surface area contributed by atoms with Crippen LogP contribution in [0, 0.1) is 6.92 Å². The number of nitrogens with zero attached hydrogens (tertiary/aromatic N) is 1. The normalized spacial score (nSPS) is 10.3. The maximum Gasteiger partial charge on any atom is 0.122 e. The average Bonchev–Trinajstić information content (AvgIpc) is 2.80. The molecule has 5 heteroatoms. The predicted molar refractivity (Wildman–Crippen MR) is 78.4 cm³/mol. The van der Waals surface area contributed by atoms with Crippen molar-refractivity contribution in [2.45, 2.75) is 13.3 Å². The minimum Gasteiger partial charge on any atom is -0.493 e. The summed E-state index contributed by atoms with van der Waals surface area (Å²) in [6.45, 7) is 2.64. The lowest BCUT2D eigenvalue weighted by molar-refractivity contribution is 0.319. The van der Waals surface area contributed by atoms with Gasteiger partial charge in [0.1, 0.15) is 10.7 Å². The summed E-state index contributed by atoms with van der Waals surface area (Å²) < 4.78 is 5.71. The van der Waals surface area contributed by atoms with Crippen molar-refractivity contribution < 1.29 is 4.74 Å². The molecule has 0 saturated carbocycles. The molecule has 0 atom stereocenters. The maximum atomic E-state index is 5.71. The van der Waals surface area contributed by atoms with Crippen molar-refractivity contribution in [2.75, 3.05) is 6.61 Å². The van der Waals surface area contributed by atoms with Crippen molar-refractivity contribution in [1.82, 2.24) is 4.98 Å². The molecule has 1 aromatic heterocycles. The lowest BCUT2D eigenvalue weighted by Gasteiger charge is -2.07. The van der Waals surface area contributed by atoms with Gasteiger partial charge in [0.15, 0.2) is 0 Å². The predicted octanol–water partition coefficient (Wildman–Crippen LogP) is 2.71. The summed E-state index contributed by atoms with van der Waals surface area (Å²) in [5.41, 5.74) is 6.68. The molecule has 0 radical (unpaired) electrons. The summed E-state index contributed by atoms with van der Waals surface area (Å²) in [4.78, 5) is 5.52. The quantitative estimate of drug-likeness (QED) is 0.854. The van der Waals surface area contributed by atoms with Gasteiger partial charge in [-0.05, 0) is 18.6 Å². The lowest BCUT2D eigenvalue weighted by atomic mass is 10.2. The number of aromatic nitrogens is 1. The molecule has 0 spiro atoms. The van der Waals surface area contributed by atoms with Crippen molar-refractivity contribution in [2.24, 2.45) is 5.73 Å². The average molecular weight is 278 g/mol. The highest BCUT2D eigenvalue weighted by Crippen LogP contribution is 2.17. The molecule has 1 aromatic carbocycles. The van der Waals surface area contributed by atoms with Gasteiger partial charge in [-0.15, -0.1) is 11.3 Å². The second kappa shape index (κ2) is 5.93. The highest BCUT2D eigenvalue weighted by molar-refractivity contribution is 7.81. The van der Waals surface area contributed by atoms with Crippen molar-refractivity contribution in [3.8, 4) is 5.75 Å². The molecule has 94 valence electrons. The number of benzene rings is 1. The fourth-order valence-electron chi connectivity index (χ4n) is 1.51. The van der Waals surface area contributed by atoms with E-state index in [0.717, 1.165) is 27.6 Å². The van der Waals surface area contributed by atoms with Crippen molar-refractivity contribution >= 4 is 28.5 Å². The van der Waals surface area contributed by atoms with E-state index in [4.69, 9.17) is 22.7 Å². The van der Waals surface area contributed by atoms with E-state index in [-0.39, 0.29) is 0 Å². The summed E-state index contributed by atoms with van der Waals surface area (Å²) in [6.07, 6.45) is 2.48. The monoisotopic (exact) mass is 278 g/mol. The molecular weight excluding hydrogens is 264 g/mol. The minimum absolute atomic E-state index is 0.401. The molecule has 0 saturated heterocycles. The Bertz CT molecular complexity index is 551. The largest absolute Gasteiger partial charge is 0.493 e. The van der Waals surface area contributed by atoms with E-state index < -0.39 is 0 Å². The fourth-order valence-corrected chi connectivity index (χ4v) is 2.43. The van der Waals surface area contributed by atoms with Gasteiger partial charge in [-0.1, -0.05) is 30.4 Å². The molecule has 18 heavy (non-hydrogen) atoms. The van der Waals surface area contributed by atoms with Crippen LogP contribution in [0.2, 0.25) is 0 Å². The molecule has 2 aromatic rings. The van der Waals surface area contributed by atoms with Crippen LogP contribution in [-0.2, 0) is 6.42 Å². The number of thiocarbonyl (C=S) groups is 1. The topological polar surface area (TPSA) is 48.1 Å². The molecule has 0 aliphatic heterocycles. The highest BCUT2D eigenvalue weighted by Gasteiger charge is 2.04. The van der Waals surface area contributed by atoms with E-state index in [1.807, 2.05) is 31.2 Å². The first-order valence-electron chi connectivity index (χ1n) is 5.60. The molecule has 0 unspecified atom stereocenters. The molecule has 0 fully saturated rings. The minimum atomic E-state index is 0.401. The van der Waals surface area contributed by atoms with E-state index in [9.17, 15) is 0 Å². The second-order valence-corrected chi connectivity index (χ2v) is 5.40. The fraction of sp³-hybridized carbons (Fsp3) is 0.231. The summed E-state index contributed by atoms with van der Waals surface area (Å²) in [5.74, 6) is 0.920. The van der Waals surface area contributed by atoms with Crippen molar-refractivity contribution in [3.05, 3.63) is 45.9 Å². The molecule has 0 aliphatic carbocycles. The number of thiazole rings is 1. The van der Waals surface area contributed by atoms with Gasteiger partial charge in [0.25, 0.3) is 0 Å². The molecule has 0 bridgehead atoms. The highest BCUT2D eigenvalue weighted by atomic mass is 32.1. The Morgan fingerprint density at radius 2 is 2.22 bits per heavy atom. The number of rotatable bonds is 5. The Morgan fingerprint density at radius 3 is 2.89 bits per heavy atom. The summed E-state index contributed by atoms with van der Waals surface area (Å²) >= 11 is 6.42. The SMILES string of the molecule is Cc1ccccc1OCCc1ncc(C(N)=S)s1. The van der Waals surface area contributed by atoms with Crippen LogP contribution in [0.4, 0.5) is 0 Å². The smallest absolute Gasteiger partial charge is 0.122 e. The van der Waals surface area contributed by atoms with Gasteiger partial charge >= 0.3 is 0 Å². The number of hydrogen-bond donors (Lipinski definition) is 1. The standard InChI is InChI=1S/C13H14N2OS2/c1-9-4-2-3-5-10(9)16-7-6-12-15-8-11(18-12)13(14)17/h2-5,8H,6-7H2,1H3,(H2,14,17). The summed E-state index contributed by atoms with van der Waals surface area (Å²) in [5, 5.41) is 0.992. The summed E-state index contributed by atoms with van der Waals surface area (Å²) in [7, 11) is 0. The van der Waals surface area contributed by atoms with Gasteiger partial charge in [-0.2, -0.15) is 0 Å².